The van der Waals surface area contributed by atoms with E-state index in [1.165, 1.54) is 25.3 Å². The molecule has 154 valence electrons. The summed E-state index contributed by atoms with van der Waals surface area (Å²) in [5.41, 5.74) is 0.347. The first kappa shape index (κ1) is 20.3. The van der Waals surface area contributed by atoms with Crippen molar-refractivity contribution < 1.29 is 27.8 Å². The number of carbonyl (C=O) groups excluding carboxylic acids is 2. The fourth-order valence-corrected chi connectivity index (χ4v) is 3.54. The van der Waals surface area contributed by atoms with E-state index < -0.39 is 6.61 Å². The van der Waals surface area contributed by atoms with Crippen LogP contribution in [0.2, 0.25) is 0 Å². The highest BCUT2D eigenvalue weighted by atomic mass is 19.3. The van der Waals surface area contributed by atoms with Crippen LogP contribution in [0.1, 0.15) is 23.2 Å². The van der Waals surface area contributed by atoms with Crippen LogP contribution in [0.25, 0.3) is 0 Å². The molecule has 1 aromatic carbocycles. The third kappa shape index (κ3) is 4.89. The van der Waals surface area contributed by atoms with Crippen molar-refractivity contribution in [2.75, 3.05) is 52.9 Å². The molecule has 0 aliphatic carbocycles. The van der Waals surface area contributed by atoms with Crippen LogP contribution in [0, 0.1) is 0 Å². The largest absolute Gasteiger partial charge is 0.493 e. The second kappa shape index (κ2) is 9.18. The highest BCUT2D eigenvalue weighted by Gasteiger charge is 2.26. The maximum absolute atomic E-state index is 12.7. The Bertz CT molecular complexity index is 702. The fourth-order valence-electron chi connectivity index (χ4n) is 3.54. The van der Waals surface area contributed by atoms with Gasteiger partial charge in [0.15, 0.2) is 11.5 Å². The lowest BCUT2D eigenvalue weighted by molar-refractivity contribution is -0.131. The molecular weight excluding hydrogens is 372 g/mol. The highest BCUT2D eigenvalue weighted by molar-refractivity contribution is 5.95. The lowest BCUT2D eigenvalue weighted by atomic mass is 10.1. The first-order valence-electron chi connectivity index (χ1n) is 9.40. The molecule has 2 aliphatic heterocycles. The first-order chi connectivity index (χ1) is 13.5. The Hall–Kier alpha value is -2.42. The molecule has 0 radical (unpaired) electrons. The number of ether oxygens (including phenoxy) is 2. The van der Waals surface area contributed by atoms with E-state index in [2.05, 4.69) is 9.64 Å². The van der Waals surface area contributed by atoms with Gasteiger partial charge in [0.05, 0.1) is 13.7 Å². The van der Waals surface area contributed by atoms with Crippen LogP contribution in [-0.4, -0.2) is 86.0 Å². The Labute approximate surface area is 162 Å². The number of benzene rings is 1. The van der Waals surface area contributed by atoms with Gasteiger partial charge >= 0.3 is 6.61 Å². The number of hydrogen-bond acceptors (Lipinski definition) is 5. The minimum absolute atomic E-state index is 0.0843. The third-order valence-corrected chi connectivity index (χ3v) is 5.10. The van der Waals surface area contributed by atoms with Gasteiger partial charge in [-0.2, -0.15) is 8.78 Å². The van der Waals surface area contributed by atoms with Gasteiger partial charge < -0.3 is 19.3 Å². The molecule has 2 aliphatic rings. The van der Waals surface area contributed by atoms with Gasteiger partial charge in [0.2, 0.25) is 5.91 Å². The number of alkyl halides is 2. The summed E-state index contributed by atoms with van der Waals surface area (Å²) in [5.74, 6) is -0.0793. The van der Waals surface area contributed by atoms with Crippen molar-refractivity contribution in [3.05, 3.63) is 23.8 Å². The number of methoxy groups -OCH3 is 1. The average Bonchev–Trinajstić information content (AvgIpc) is 3.23. The molecular formula is C19H25F2N3O4. The maximum atomic E-state index is 12.7. The molecule has 0 bridgehead atoms. The molecule has 9 heteroatoms. The number of amides is 2. The van der Waals surface area contributed by atoms with Crippen molar-refractivity contribution >= 4 is 11.8 Å². The van der Waals surface area contributed by atoms with Crippen LogP contribution in [-0.2, 0) is 4.79 Å². The lowest BCUT2D eigenvalue weighted by Gasteiger charge is -2.35. The zero-order valence-electron chi connectivity index (χ0n) is 15.9. The van der Waals surface area contributed by atoms with E-state index in [4.69, 9.17) is 4.74 Å². The van der Waals surface area contributed by atoms with Crippen molar-refractivity contribution in [2.24, 2.45) is 0 Å². The van der Waals surface area contributed by atoms with Crippen molar-refractivity contribution in [2.45, 2.75) is 19.5 Å². The van der Waals surface area contributed by atoms with Crippen molar-refractivity contribution in [3.63, 3.8) is 0 Å². The summed E-state index contributed by atoms with van der Waals surface area (Å²) in [6.45, 7) is 1.34. The first-order valence-corrected chi connectivity index (χ1v) is 9.40. The van der Waals surface area contributed by atoms with Gasteiger partial charge in [-0.1, -0.05) is 0 Å². The van der Waals surface area contributed by atoms with Crippen LogP contribution in [0.15, 0.2) is 18.2 Å². The Kier molecular flexibility index (Phi) is 6.66. The molecule has 2 amide bonds. The second-order valence-electron chi connectivity index (χ2n) is 6.90. The molecule has 0 saturated carbocycles. The van der Waals surface area contributed by atoms with E-state index in [0.717, 1.165) is 25.9 Å². The van der Waals surface area contributed by atoms with Crippen LogP contribution in [0.5, 0.6) is 11.5 Å². The zero-order valence-corrected chi connectivity index (χ0v) is 15.9. The molecule has 28 heavy (non-hydrogen) atoms. The average molecular weight is 397 g/mol. The molecule has 0 N–H and O–H groups in total. The number of rotatable bonds is 6. The Morgan fingerprint density at radius 2 is 1.68 bits per heavy atom. The van der Waals surface area contributed by atoms with E-state index in [-0.39, 0.29) is 23.3 Å². The quantitative estimate of drug-likeness (QED) is 0.731. The molecule has 0 unspecified atom stereocenters. The number of carbonyl (C=O) groups is 2. The normalized spacial score (nSPS) is 17.9. The minimum atomic E-state index is -2.97. The topological polar surface area (TPSA) is 62.3 Å². The van der Waals surface area contributed by atoms with Gasteiger partial charge in [0.25, 0.3) is 5.91 Å². The molecule has 7 nitrogen and oxygen atoms in total. The van der Waals surface area contributed by atoms with Crippen LogP contribution < -0.4 is 9.47 Å². The predicted molar refractivity (Wildman–Crippen MR) is 97.8 cm³/mol. The predicted octanol–water partition coefficient (Wildman–Crippen LogP) is 1.68. The molecule has 0 spiro atoms. The molecule has 2 saturated heterocycles. The second-order valence-corrected chi connectivity index (χ2v) is 6.90. The van der Waals surface area contributed by atoms with Crippen LogP contribution in [0.4, 0.5) is 8.78 Å². The third-order valence-electron chi connectivity index (χ3n) is 5.10. The summed E-state index contributed by atoms with van der Waals surface area (Å²) in [6, 6.07) is 4.17. The smallest absolute Gasteiger partial charge is 0.387 e. The molecule has 0 aromatic heterocycles. The fraction of sp³-hybridized carbons (Fsp3) is 0.579. The summed E-state index contributed by atoms with van der Waals surface area (Å²) in [5, 5.41) is 0. The van der Waals surface area contributed by atoms with Crippen molar-refractivity contribution in [3.8, 4) is 11.5 Å². The molecule has 0 atom stereocenters. The van der Waals surface area contributed by atoms with E-state index in [1.54, 1.807) is 4.90 Å². The van der Waals surface area contributed by atoms with Crippen LogP contribution >= 0.6 is 0 Å². The highest BCUT2D eigenvalue weighted by Crippen LogP contribution is 2.30. The Morgan fingerprint density at radius 3 is 2.29 bits per heavy atom. The summed E-state index contributed by atoms with van der Waals surface area (Å²) in [7, 11) is 1.33. The maximum Gasteiger partial charge on any atom is 0.387 e. The Balaban J connectivity index is 1.55. The van der Waals surface area contributed by atoms with Gasteiger partial charge in [0, 0.05) is 44.8 Å². The monoisotopic (exact) mass is 397 g/mol. The van der Waals surface area contributed by atoms with Crippen molar-refractivity contribution in [1.29, 1.82) is 0 Å². The van der Waals surface area contributed by atoms with Gasteiger partial charge in [-0.15, -0.1) is 0 Å². The molecule has 1 aromatic rings. The van der Waals surface area contributed by atoms with E-state index in [0.29, 0.717) is 38.3 Å². The van der Waals surface area contributed by atoms with Gasteiger partial charge in [0.1, 0.15) is 0 Å². The van der Waals surface area contributed by atoms with Gasteiger partial charge in [-0.3, -0.25) is 14.5 Å². The minimum Gasteiger partial charge on any atom is -0.493 e. The molecule has 2 fully saturated rings. The zero-order chi connectivity index (χ0) is 20.1. The van der Waals surface area contributed by atoms with E-state index >= 15 is 0 Å². The molecule has 3 rings (SSSR count). The summed E-state index contributed by atoms with van der Waals surface area (Å²) in [4.78, 5) is 30.6. The van der Waals surface area contributed by atoms with Gasteiger partial charge in [-0.05, 0) is 31.0 Å². The number of hydrogen-bond donors (Lipinski definition) is 0. The number of piperazine rings is 1. The summed E-state index contributed by atoms with van der Waals surface area (Å²) in [6.07, 6.45) is 2.14. The van der Waals surface area contributed by atoms with Crippen molar-refractivity contribution in [1.82, 2.24) is 14.7 Å². The number of nitrogens with zero attached hydrogens (tertiary/aromatic N) is 3. The summed E-state index contributed by atoms with van der Waals surface area (Å²) >= 11 is 0. The number of halogens is 2. The number of likely N-dealkylation sites (tertiary alicyclic amines) is 1. The SMILES string of the molecule is COc1cc(C(=O)N2CCN(CC(=O)N3CCCC3)CC2)ccc1OC(F)F. The molecule has 2 heterocycles. The van der Waals surface area contributed by atoms with E-state index in [9.17, 15) is 18.4 Å². The van der Waals surface area contributed by atoms with E-state index in [1.807, 2.05) is 4.90 Å². The Morgan fingerprint density at radius 1 is 1.00 bits per heavy atom. The standard InChI is InChI=1S/C19H25F2N3O4/c1-27-16-12-14(4-5-15(16)28-19(20)21)18(26)24-10-8-22(9-11-24)13-17(25)23-6-2-3-7-23/h4-5,12,19H,2-3,6-11,13H2,1H3. The summed E-state index contributed by atoms with van der Waals surface area (Å²) < 4.78 is 34.3. The van der Waals surface area contributed by atoms with Crippen LogP contribution in [0.3, 0.4) is 0 Å². The van der Waals surface area contributed by atoms with Gasteiger partial charge in [-0.25, -0.2) is 0 Å². The lowest BCUT2D eigenvalue weighted by Crippen LogP contribution is -2.51.